The molecule has 7 heteroatoms. The number of alkyl halides is 1. The zero-order valence-electron chi connectivity index (χ0n) is 11.9. The van der Waals surface area contributed by atoms with Gasteiger partial charge >= 0.3 is 5.97 Å². The molecule has 2 aromatic rings. The fraction of sp³-hybridized carbons (Fsp3) is 0.200. The second-order valence-electron chi connectivity index (χ2n) is 4.63. The number of aromatic nitrogens is 1. The van der Waals surface area contributed by atoms with E-state index >= 15 is 0 Å². The first-order valence-corrected chi connectivity index (χ1v) is 6.26. The Kier molecular flexibility index (Phi) is 4.25. The number of methoxy groups -OCH3 is 1. The van der Waals surface area contributed by atoms with Gasteiger partial charge in [0.05, 0.1) is 12.8 Å². The predicted molar refractivity (Wildman–Crippen MR) is 75.4 cm³/mol. The zero-order chi connectivity index (χ0) is 16.4. The Hall–Kier alpha value is -2.70. The average molecular weight is 309 g/mol. The van der Waals surface area contributed by atoms with Gasteiger partial charge in [-0.25, -0.2) is 13.6 Å². The van der Waals surface area contributed by atoms with Crippen LogP contribution in [0.1, 0.15) is 15.9 Å². The highest BCUT2D eigenvalue weighted by Gasteiger charge is 2.19. The number of carbonyl (C=O) groups is 1. The van der Waals surface area contributed by atoms with Gasteiger partial charge in [0, 0.05) is 12.6 Å². The maximum atomic E-state index is 13.5. The van der Waals surface area contributed by atoms with Crippen LogP contribution in [0.5, 0.6) is 5.75 Å². The van der Waals surface area contributed by atoms with Gasteiger partial charge in [-0.3, -0.25) is 4.79 Å². The highest BCUT2D eigenvalue weighted by Crippen LogP contribution is 2.25. The first kappa shape index (κ1) is 15.7. The summed E-state index contributed by atoms with van der Waals surface area (Å²) in [6.07, 6.45) is 0. The molecule has 1 heterocycles. The molecule has 0 bridgehead atoms. The van der Waals surface area contributed by atoms with E-state index in [0.29, 0.717) is 0 Å². The van der Waals surface area contributed by atoms with Crippen LogP contribution >= 0.6 is 0 Å². The van der Waals surface area contributed by atoms with Gasteiger partial charge in [-0.1, -0.05) is 0 Å². The topological polar surface area (TPSA) is 68.5 Å². The zero-order valence-corrected chi connectivity index (χ0v) is 11.9. The first-order valence-electron chi connectivity index (χ1n) is 6.26. The molecule has 0 radical (unpaired) electrons. The fourth-order valence-corrected chi connectivity index (χ4v) is 2.18. The molecule has 0 spiro atoms. The molecule has 0 saturated heterocycles. The Morgan fingerprint density at radius 1 is 1.32 bits per heavy atom. The number of aromatic carboxylic acids is 1. The minimum absolute atomic E-state index is 0.0927. The molecule has 5 nitrogen and oxygen atoms in total. The van der Waals surface area contributed by atoms with Gasteiger partial charge in [-0.2, -0.15) is 0 Å². The lowest BCUT2D eigenvalue weighted by atomic mass is 10.0. The summed E-state index contributed by atoms with van der Waals surface area (Å²) in [6.45, 7) is -0.874. The molecule has 0 amide bonds. The number of halogens is 2. The van der Waals surface area contributed by atoms with Crippen LogP contribution in [0, 0.1) is 5.82 Å². The average Bonchev–Trinajstić information content (AvgIpc) is 2.48. The summed E-state index contributed by atoms with van der Waals surface area (Å²) < 4.78 is 32.3. The van der Waals surface area contributed by atoms with Crippen LogP contribution in [0.25, 0.3) is 11.3 Å². The number of hydrogen-bond acceptors (Lipinski definition) is 3. The van der Waals surface area contributed by atoms with E-state index in [1.165, 1.54) is 26.3 Å². The van der Waals surface area contributed by atoms with E-state index in [4.69, 9.17) is 4.74 Å². The lowest BCUT2D eigenvalue weighted by Crippen LogP contribution is -2.23. The Morgan fingerprint density at radius 2 is 2.00 bits per heavy atom. The van der Waals surface area contributed by atoms with Crippen molar-refractivity contribution < 1.29 is 23.4 Å². The third-order valence-corrected chi connectivity index (χ3v) is 3.23. The maximum Gasteiger partial charge on any atom is 0.339 e. The maximum absolute atomic E-state index is 13.5. The molecule has 0 aliphatic rings. The number of rotatable bonds is 4. The predicted octanol–water partition coefficient (Wildman–Crippen LogP) is 2.37. The van der Waals surface area contributed by atoms with E-state index < -0.39 is 24.0 Å². The van der Waals surface area contributed by atoms with Gasteiger partial charge in [-0.05, 0) is 29.8 Å². The molecule has 0 unspecified atom stereocenters. The molecular formula is C15H13F2NO4. The van der Waals surface area contributed by atoms with Gasteiger partial charge in [0.2, 0.25) is 0 Å². The quantitative estimate of drug-likeness (QED) is 0.941. The highest BCUT2D eigenvalue weighted by atomic mass is 19.1. The van der Waals surface area contributed by atoms with E-state index in [-0.39, 0.29) is 28.1 Å². The number of carboxylic acids is 1. The normalized spacial score (nSPS) is 10.5. The molecular weight excluding hydrogens is 296 g/mol. The van der Waals surface area contributed by atoms with Crippen LogP contribution in [0.15, 0.2) is 29.1 Å². The van der Waals surface area contributed by atoms with E-state index in [9.17, 15) is 23.5 Å². The van der Waals surface area contributed by atoms with Crippen molar-refractivity contribution in [2.75, 3.05) is 7.11 Å². The summed E-state index contributed by atoms with van der Waals surface area (Å²) in [4.78, 5) is 23.4. The van der Waals surface area contributed by atoms with E-state index in [2.05, 4.69) is 0 Å². The SMILES string of the molecule is COc1c(C(=O)O)cc(-c2cc(F)cc(CF)c2)n(C)c1=O. The third kappa shape index (κ3) is 2.69. The van der Waals surface area contributed by atoms with Crippen molar-refractivity contribution in [1.29, 1.82) is 0 Å². The number of carboxylic acid groups (broad SMARTS) is 1. The van der Waals surface area contributed by atoms with Crippen LogP contribution in [0.2, 0.25) is 0 Å². The second kappa shape index (κ2) is 5.97. The van der Waals surface area contributed by atoms with E-state index in [1.54, 1.807) is 0 Å². The minimum Gasteiger partial charge on any atom is -0.490 e. The van der Waals surface area contributed by atoms with Gasteiger partial charge in [-0.15, -0.1) is 0 Å². The smallest absolute Gasteiger partial charge is 0.339 e. The molecule has 0 atom stereocenters. The summed E-state index contributed by atoms with van der Waals surface area (Å²) >= 11 is 0. The van der Waals surface area contributed by atoms with Crippen molar-refractivity contribution >= 4 is 5.97 Å². The number of benzene rings is 1. The van der Waals surface area contributed by atoms with Crippen molar-refractivity contribution in [3.05, 3.63) is 51.6 Å². The van der Waals surface area contributed by atoms with Crippen LogP contribution in [-0.4, -0.2) is 22.8 Å². The van der Waals surface area contributed by atoms with Crippen molar-refractivity contribution in [2.24, 2.45) is 7.05 Å². The molecule has 22 heavy (non-hydrogen) atoms. The Balaban J connectivity index is 2.79. The number of pyridine rings is 1. The van der Waals surface area contributed by atoms with Gasteiger partial charge in [0.1, 0.15) is 18.1 Å². The lowest BCUT2D eigenvalue weighted by Gasteiger charge is -2.13. The number of hydrogen-bond donors (Lipinski definition) is 1. The van der Waals surface area contributed by atoms with E-state index in [0.717, 1.165) is 16.7 Å². The molecule has 0 saturated carbocycles. The lowest BCUT2D eigenvalue weighted by molar-refractivity contribution is 0.0693. The Bertz CT molecular complexity index is 799. The fourth-order valence-electron chi connectivity index (χ4n) is 2.18. The summed E-state index contributed by atoms with van der Waals surface area (Å²) in [7, 11) is 2.58. The van der Waals surface area contributed by atoms with Gasteiger partial charge < -0.3 is 14.4 Å². The summed E-state index contributed by atoms with van der Waals surface area (Å²) in [6, 6.07) is 4.69. The van der Waals surface area contributed by atoms with Gasteiger partial charge in [0.15, 0.2) is 5.75 Å². The first-order chi connectivity index (χ1) is 10.4. The van der Waals surface area contributed by atoms with Crippen LogP contribution in [-0.2, 0) is 13.7 Å². The van der Waals surface area contributed by atoms with Crippen molar-refractivity contribution in [3.63, 3.8) is 0 Å². The van der Waals surface area contributed by atoms with Crippen LogP contribution in [0.4, 0.5) is 8.78 Å². The minimum atomic E-state index is -1.35. The Morgan fingerprint density at radius 3 is 2.55 bits per heavy atom. The standard InChI is InChI=1S/C15H13F2NO4/c1-18-12(9-3-8(7-16)4-10(17)5-9)6-11(15(20)21)13(22-2)14(18)19/h3-6H,7H2,1-2H3,(H,20,21). The van der Waals surface area contributed by atoms with E-state index in [1.807, 2.05) is 0 Å². The van der Waals surface area contributed by atoms with Crippen LogP contribution in [0.3, 0.4) is 0 Å². The number of nitrogens with zero attached hydrogens (tertiary/aromatic N) is 1. The summed E-state index contributed by atoms with van der Waals surface area (Å²) in [5.41, 5.74) is -0.569. The summed E-state index contributed by atoms with van der Waals surface area (Å²) in [5, 5.41) is 9.18. The van der Waals surface area contributed by atoms with Crippen molar-refractivity contribution in [3.8, 4) is 17.0 Å². The van der Waals surface area contributed by atoms with Crippen molar-refractivity contribution in [1.82, 2.24) is 4.57 Å². The van der Waals surface area contributed by atoms with Crippen molar-refractivity contribution in [2.45, 2.75) is 6.67 Å². The molecule has 0 aliphatic carbocycles. The molecule has 2 rings (SSSR count). The molecule has 0 fully saturated rings. The third-order valence-electron chi connectivity index (χ3n) is 3.23. The Labute approximate surface area is 124 Å². The monoisotopic (exact) mass is 309 g/mol. The summed E-state index contributed by atoms with van der Waals surface area (Å²) in [5.74, 6) is -2.34. The molecule has 116 valence electrons. The molecule has 0 aliphatic heterocycles. The molecule has 1 N–H and O–H groups in total. The molecule has 1 aromatic heterocycles. The van der Waals surface area contributed by atoms with Crippen LogP contribution < -0.4 is 10.3 Å². The number of ether oxygens (including phenoxy) is 1. The highest BCUT2D eigenvalue weighted by molar-refractivity contribution is 5.92. The second-order valence-corrected chi connectivity index (χ2v) is 4.63. The largest absolute Gasteiger partial charge is 0.490 e. The van der Waals surface area contributed by atoms with Gasteiger partial charge in [0.25, 0.3) is 5.56 Å². The molecule has 1 aromatic carbocycles.